The Morgan fingerprint density at radius 2 is 0.378 bits per heavy atom. The van der Waals surface area contributed by atoms with E-state index in [9.17, 15) is 0 Å². The molecule has 1 atom stereocenters. The number of rotatable bonds is 33. The van der Waals surface area contributed by atoms with Crippen molar-refractivity contribution in [1.29, 1.82) is 0 Å². The summed E-state index contributed by atoms with van der Waals surface area (Å²) in [5.74, 6) is 1.04. The molecule has 0 aromatic rings. The molecule has 0 saturated heterocycles. The molecule has 0 rings (SSSR count). The van der Waals surface area contributed by atoms with E-state index in [0.29, 0.717) is 0 Å². The van der Waals surface area contributed by atoms with Crippen molar-refractivity contribution in [2.24, 2.45) is 5.92 Å². The van der Waals surface area contributed by atoms with E-state index in [2.05, 4.69) is 20.8 Å². The van der Waals surface area contributed by atoms with Gasteiger partial charge >= 0.3 is 0 Å². The Morgan fingerprint density at radius 1 is 0.216 bits per heavy atom. The lowest BCUT2D eigenvalue weighted by molar-refractivity contribution is 0.367. The predicted octanol–water partition coefficient (Wildman–Crippen LogP) is 14.5. The van der Waals surface area contributed by atoms with Gasteiger partial charge in [-0.3, -0.25) is 0 Å². The number of unbranched alkanes of at least 4 members (excludes halogenated alkanes) is 27. The highest BCUT2D eigenvalue weighted by molar-refractivity contribution is 4.62. The quantitative estimate of drug-likeness (QED) is 0.0754. The van der Waals surface area contributed by atoms with Crippen LogP contribution in [0.1, 0.15) is 233 Å². The Hall–Kier alpha value is 0. The van der Waals surface area contributed by atoms with Crippen LogP contribution in [0.15, 0.2) is 0 Å². The van der Waals surface area contributed by atoms with Crippen LogP contribution in [0, 0.1) is 5.92 Å². The molecule has 37 heavy (non-hydrogen) atoms. The van der Waals surface area contributed by atoms with Crippen LogP contribution in [0.25, 0.3) is 0 Å². The van der Waals surface area contributed by atoms with Crippen molar-refractivity contribution in [2.45, 2.75) is 233 Å². The normalized spacial score (nSPS) is 12.4. The summed E-state index contributed by atoms with van der Waals surface area (Å²) in [5, 5.41) is 0. The second-order valence-electron chi connectivity index (χ2n) is 12.8. The highest BCUT2D eigenvalue weighted by Gasteiger charge is 2.08. The van der Waals surface area contributed by atoms with Gasteiger partial charge in [0, 0.05) is 0 Å². The van der Waals surface area contributed by atoms with Gasteiger partial charge in [-0.15, -0.1) is 0 Å². The zero-order valence-electron chi connectivity index (χ0n) is 26.9. The molecule has 0 aliphatic carbocycles. The Labute approximate surface area is 238 Å². The number of hydrogen-bond donors (Lipinski definition) is 0. The SMILES string of the molecule is CCCCCCCCCCCCCCCCCCCCCCC(CCCCC)CCCCCCCCC. The molecule has 224 valence electrons. The van der Waals surface area contributed by atoms with Crippen LogP contribution in [0.3, 0.4) is 0 Å². The molecule has 0 heterocycles. The molecule has 0 nitrogen and oxygen atoms in total. The van der Waals surface area contributed by atoms with Gasteiger partial charge in [-0.2, -0.15) is 0 Å². The van der Waals surface area contributed by atoms with Gasteiger partial charge in [0.25, 0.3) is 0 Å². The Kier molecular flexibility index (Phi) is 34.0. The smallest absolute Gasteiger partial charge is 0.0414 e. The monoisotopic (exact) mass is 521 g/mol. The van der Waals surface area contributed by atoms with Gasteiger partial charge in [-0.05, 0) is 5.92 Å². The van der Waals surface area contributed by atoms with Crippen molar-refractivity contribution in [3.8, 4) is 0 Å². The van der Waals surface area contributed by atoms with Crippen molar-refractivity contribution in [1.82, 2.24) is 0 Å². The lowest BCUT2D eigenvalue weighted by atomic mass is 9.89. The lowest BCUT2D eigenvalue weighted by Gasteiger charge is -2.17. The summed E-state index contributed by atoms with van der Waals surface area (Å²) in [6.45, 7) is 6.98. The van der Waals surface area contributed by atoms with Gasteiger partial charge in [-0.1, -0.05) is 233 Å². The minimum Gasteiger partial charge on any atom is -0.0654 e. The fourth-order valence-corrected chi connectivity index (χ4v) is 6.19. The van der Waals surface area contributed by atoms with Crippen molar-refractivity contribution >= 4 is 0 Å². The summed E-state index contributed by atoms with van der Waals surface area (Å²) >= 11 is 0. The second kappa shape index (κ2) is 34.0. The van der Waals surface area contributed by atoms with Crippen molar-refractivity contribution in [3.05, 3.63) is 0 Å². The van der Waals surface area contributed by atoms with E-state index in [1.54, 1.807) is 0 Å². The fraction of sp³-hybridized carbons (Fsp3) is 1.00. The van der Waals surface area contributed by atoms with E-state index in [-0.39, 0.29) is 0 Å². The van der Waals surface area contributed by atoms with Crippen LogP contribution in [0.5, 0.6) is 0 Å². The average molecular weight is 521 g/mol. The first-order chi connectivity index (χ1) is 18.3. The van der Waals surface area contributed by atoms with Crippen molar-refractivity contribution in [3.63, 3.8) is 0 Å². The molecule has 0 fully saturated rings. The summed E-state index contributed by atoms with van der Waals surface area (Å²) in [5.41, 5.74) is 0. The largest absolute Gasteiger partial charge is 0.0654 e. The topological polar surface area (TPSA) is 0 Å². The third-order valence-electron chi connectivity index (χ3n) is 8.90. The van der Waals surface area contributed by atoms with E-state index < -0.39 is 0 Å². The van der Waals surface area contributed by atoms with Gasteiger partial charge in [0.1, 0.15) is 0 Å². The fourth-order valence-electron chi connectivity index (χ4n) is 6.19. The highest BCUT2D eigenvalue weighted by Crippen LogP contribution is 2.24. The van der Waals surface area contributed by atoms with E-state index in [0.717, 1.165) is 5.92 Å². The Morgan fingerprint density at radius 3 is 0.622 bits per heavy atom. The highest BCUT2D eigenvalue weighted by atomic mass is 14.1. The zero-order valence-corrected chi connectivity index (χ0v) is 26.9. The molecule has 0 aromatic carbocycles. The van der Waals surface area contributed by atoms with Gasteiger partial charge in [0.15, 0.2) is 0 Å². The molecule has 1 unspecified atom stereocenters. The second-order valence-corrected chi connectivity index (χ2v) is 12.8. The first kappa shape index (κ1) is 37.0. The molecular formula is C37H76. The summed E-state index contributed by atoms with van der Waals surface area (Å²) in [7, 11) is 0. The van der Waals surface area contributed by atoms with Crippen LogP contribution in [-0.4, -0.2) is 0 Å². The maximum absolute atomic E-state index is 2.35. The van der Waals surface area contributed by atoms with E-state index in [4.69, 9.17) is 0 Å². The minimum atomic E-state index is 1.04. The Balaban J connectivity index is 3.42. The third-order valence-corrected chi connectivity index (χ3v) is 8.90. The first-order valence-electron chi connectivity index (χ1n) is 18.3. The molecule has 0 saturated carbocycles. The average Bonchev–Trinajstić information content (AvgIpc) is 2.91. The van der Waals surface area contributed by atoms with Gasteiger partial charge in [0.05, 0.1) is 0 Å². The van der Waals surface area contributed by atoms with Gasteiger partial charge in [0.2, 0.25) is 0 Å². The maximum Gasteiger partial charge on any atom is -0.0414 e. The van der Waals surface area contributed by atoms with Crippen molar-refractivity contribution in [2.75, 3.05) is 0 Å². The molecule has 0 radical (unpaired) electrons. The van der Waals surface area contributed by atoms with Crippen LogP contribution in [-0.2, 0) is 0 Å². The molecule has 0 heteroatoms. The minimum absolute atomic E-state index is 1.04. The summed E-state index contributed by atoms with van der Waals surface area (Å²) in [6.07, 6.45) is 48.8. The third kappa shape index (κ3) is 32.1. The van der Waals surface area contributed by atoms with Gasteiger partial charge in [-0.25, -0.2) is 0 Å². The van der Waals surface area contributed by atoms with Crippen LogP contribution < -0.4 is 0 Å². The summed E-state index contributed by atoms with van der Waals surface area (Å²) in [6, 6.07) is 0. The molecule has 0 N–H and O–H groups in total. The molecule has 0 amide bonds. The van der Waals surface area contributed by atoms with Crippen LogP contribution in [0.2, 0.25) is 0 Å². The maximum atomic E-state index is 2.35. The molecule has 0 aliphatic heterocycles. The predicted molar refractivity (Wildman–Crippen MR) is 173 cm³/mol. The van der Waals surface area contributed by atoms with Crippen molar-refractivity contribution < 1.29 is 0 Å². The van der Waals surface area contributed by atoms with E-state index >= 15 is 0 Å². The molecule has 0 aromatic heterocycles. The van der Waals surface area contributed by atoms with E-state index in [1.165, 1.54) is 212 Å². The van der Waals surface area contributed by atoms with Crippen LogP contribution >= 0.6 is 0 Å². The summed E-state index contributed by atoms with van der Waals surface area (Å²) < 4.78 is 0. The molecular weight excluding hydrogens is 444 g/mol. The van der Waals surface area contributed by atoms with E-state index in [1.807, 2.05) is 0 Å². The summed E-state index contributed by atoms with van der Waals surface area (Å²) in [4.78, 5) is 0. The van der Waals surface area contributed by atoms with Gasteiger partial charge < -0.3 is 0 Å². The molecule has 0 bridgehead atoms. The number of hydrogen-bond acceptors (Lipinski definition) is 0. The lowest BCUT2D eigenvalue weighted by Crippen LogP contribution is -2.01. The van der Waals surface area contributed by atoms with Crippen LogP contribution in [0.4, 0.5) is 0 Å². The Bertz CT molecular complexity index is 372. The zero-order chi connectivity index (χ0) is 26.9. The molecule has 0 aliphatic rings. The first-order valence-corrected chi connectivity index (χ1v) is 18.3. The molecule has 0 spiro atoms. The standard InChI is InChI=1S/C37H76/c1-4-7-10-12-14-15-16-17-18-19-20-21-22-23-24-25-26-28-30-33-36-37(34-31-9-6-3)35-32-29-27-13-11-8-5-2/h37H,4-36H2,1-3H3.